The van der Waals surface area contributed by atoms with Crippen molar-refractivity contribution in [3.05, 3.63) is 54.4 Å². The van der Waals surface area contributed by atoms with E-state index in [1.165, 1.54) is 0 Å². The quantitative estimate of drug-likeness (QED) is 0.604. The second-order valence-electron chi connectivity index (χ2n) is 3.03. The molecule has 0 aliphatic rings. The summed E-state index contributed by atoms with van der Waals surface area (Å²) >= 11 is 0. The number of benzene rings is 1. The van der Waals surface area contributed by atoms with Gasteiger partial charge in [-0.2, -0.15) is 0 Å². The van der Waals surface area contributed by atoms with Crippen molar-refractivity contribution in [3.63, 3.8) is 0 Å². The van der Waals surface area contributed by atoms with Crippen molar-refractivity contribution in [3.8, 4) is 0 Å². The van der Waals surface area contributed by atoms with Crippen molar-refractivity contribution in [2.24, 2.45) is 0 Å². The highest BCUT2D eigenvalue weighted by atomic mass is 16.1. The van der Waals surface area contributed by atoms with Crippen LogP contribution in [-0.4, -0.2) is 21.2 Å². The van der Waals surface area contributed by atoms with Crippen molar-refractivity contribution < 1.29 is 4.79 Å². The Labute approximate surface area is 86.6 Å². The van der Waals surface area contributed by atoms with Gasteiger partial charge in [0.1, 0.15) is 5.69 Å². The summed E-state index contributed by atoms with van der Waals surface area (Å²) in [5.74, 6) is -0.135. The van der Waals surface area contributed by atoms with Crippen LogP contribution in [0.25, 0.3) is 5.57 Å². The van der Waals surface area contributed by atoms with Crippen LogP contribution in [0.5, 0.6) is 0 Å². The van der Waals surface area contributed by atoms with Gasteiger partial charge in [-0.3, -0.25) is 9.89 Å². The van der Waals surface area contributed by atoms with Crippen LogP contribution >= 0.6 is 0 Å². The second kappa shape index (κ2) is 3.88. The first-order valence-electron chi connectivity index (χ1n) is 4.44. The molecule has 1 aromatic heterocycles. The average molecular weight is 199 g/mol. The van der Waals surface area contributed by atoms with E-state index in [1.807, 2.05) is 18.2 Å². The number of allylic oxidation sites excluding steroid dienone is 1. The summed E-state index contributed by atoms with van der Waals surface area (Å²) in [6.07, 6.45) is 1.54. The summed E-state index contributed by atoms with van der Waals surface area (Å²) in [4.78, 5) is 11.9. The highest BCUT2D eigenvalue weighted by Gasteiger charge is 2.13. The monoisotopic (exact) mass is 199 g/mol. The summed E-state index contributed by atoms with van der Waals surface area (Å²) in [6.45, 7) is 3.70. The summed E-state index contributed by atoms with van der Waals surface area (Å²) in [5.41, 5.74) is 1.42. The van der Waals surface area contributed by atoms with Gasteiger partial charge in [0.25, 0.3) is 0 Å². The van der Waals surface area contributed by atoms with E-state index in [4.69, 9.17) is 0 Å². The van der Waals surface area contributed by atoms with Crippen LogP contribution < -0.4 is 0 Å². The molecule has 0 saturated carbocycles. The van der Waals surface area contributed by atoms with Gasteiger partial charge in [0.05, 0.1) is 6.20 Å². The summed E-state index contributed by atoms with van der Waals surface area (Å²) < 4.78 is 0. The van der Waals surface area contributed by atoms with E-state index in [9.17, 15) is 4.79 Å². The predicted molar refractivity (Wildman–Crippen MR) is 56.2 cm³/mol. The van der Waals surface area contributed by atoms with E-state index >= 15 is 0 Å². The number of aromatic nitrogens is 3. The van der Waals surface area contributed by atoms with E-state index < -0.39 is 0 Å². The van der Waals surface area contributed by atoms with Crippen LogP contribution in [0.4, 0.5) is 0 Å². The number of hydrogen-bond donors (Lipinski definition) is 1. The van der Waals surface area contributed by atoms with E-state index in [2.05, 4.69) is 22.0 Å². The van der Waals surface area contributed by atoms with Crippen molar-refractivity contribution >= 4 is 11.4 Å². The molecule has 4 heteroatoms. The fraction of sp³-hybridized carbons (Fsp3) is 0. The number of nitrogens with zero attached hydrogens (tertiary/aromatic N) is 2. The largest absolute Gasteiger partial charge is 0.289 e. The lowest BCUT2D eigenvalue weighted by Crippen LogP contribution is -2.01. The Balaban J connectivity index is 2.27. The lowest BCUT2D eigenvalue weighted by molar-refractivity contribution is 0.105. The molecule has 0 fully saturated rings. The number of nitrogens with one attached hydrogen (secondary N) is 1. The molecule has 2 aromatic rings. The number of H-pyrrole nitrogens is 1. The van der Waals surface area contributed by atoms with E-state index in [0.29, 0.717) is 16.8 Å². The number of aromatic amines is 1. The zero-order valence-electron chi connectivity index (χ0n) is 7.97. The molecule has 0 amide bonds. The predicted octanol–water partition coefficient (Wildman–Crippen LogP) is 1.70. The summed E-state index contributed by atoms with van der Waals surface area (Å²) in [6, 6.07) is 8.96. The van der Waals surface area contributed by atoms with Gasteiger partial charge in [-0.25, -0.2) is 0 Å². The lowest BCUT2D eigenvalue weighted by atomic mass is 10.0. The fourth-order valence-corrected chi connectivity index (χ4v) is 1.23. The topological polar surface area (TPSA) is 58.6 Å². The minimum absolute atomic E-state index is 0.135. The van der Waals surface area contributed by atoms with Gasteiger partial charge < -0.3 is 0 Å². The standard InChI is InChI=1S/C11H9N3O/c1-8(10-7-12-14-13-10)11(15)9-5-3-2-4-6-9/h2-7H,1H2,(H,12,13,14). The van der Waals surface area contributed by atoms with Crippen LogP contribution in [0, 0.1) is 0 Å². The number of carbonyl (C=O) groups excluding carboxylic acids is 1. The van der Waals surface area contributed by atoms with Crippen LogP contribution in [0.1, 0.15) is 16.1 Å². The SMILES string of the molecule is C=C(C(=O)c1ccccc1)c1c[nH]nn1. The number of ketones is 1. The van der Waals surface area contributed by atoms with Gasteiger partial charge in [-0.15, -0.1) is 5.10 Å². The highest BCUT2D eigenvalue weighted by molar-refractivity contribution is 6.27. The van der Waals surface area contributed by atoms with Gasteiger partial charge in [-0.1, -0.05) is 42.1 Å². The second-order valence-corrected chi connectivity index (χ2v) is 3.03. The Kier molecular flexibility index (Phi) is 2.41. The van der Waals surface area contributed by atoms with Crippen molar-refractivity contribution in [1.82, 2.24) is 15.4 Å². The van der Waals surface area contributed by atoms with Crippen LogP contribution in [-0.2, 0) is 0 Å². The van der Waals surface area contributed by atoms with E-state index in [0.717, 1.165) is 0 Å². The third kappa shape index (κ3) is 1.83. The zero-order valence-corrected chi connectivity index (χ0v) is 7.97. The van der Waals surface area contributed by atoms with Crippen molar-refractivity contribution in [2.45, 2.75) is 0 Å². The molecule has 0 radical (unpaired) electrons. The number of rotatable bonds is 3. The van der Waals surface area contributed by atoms with Gasteiger partial charge >= 0.3 is 0 Å². The Morgan fingerprint density at radius 2 is 2.00 bits per heavy atom. The molecule has 15 heavy (non-hydrogen) atoms. The summed E-state index contributed by atoms with van der Waals surface area (Å²) in [7, 11) is 0. The van der Waals surface area contributed by atoms with E-state index in [1.54, 1.807) is 18.3 Å². The summed E-state index contributed by atoms with van der Waals surface area (Å²) in [5, 5.41) is 9.81. The van der Waals surface area contributed by atoms with Crippen LogP contribution in [0.2, 0.25) is 0 Å². The lowest BCUT2D eigenvalue weighted by Gasteiger charge is -2.00. The molecule has 0 aliphatic heterocycles. The first-order valence-corrected chi connectivity index (χ1v) is 4.44. The maximum atomic E-state index is 11.9. The number of carbonyl (C=O) groups is 1. The fourth-order valence-electron chi connectivity index (χ4n) is 1.23. The Morgan fingerprint density at radius 3 is 2.60 bits per heavy atom. The number of hydrogen-bond acceptors (Lipinski definition) is 3. The molecule has 0 atom stereocenters. The smallest absolute Gasteiger partial charge is 0.194 e. The molecule has 0 aliphatic carbocycles. The molecule has 74 valence electrons. The molecule has 0 bridgehead atoms. The first kappa shape index (κ1) is 9.33. The molecular formula is C11H9N3O. The minimum Gasteiger partial charge on any atom is -0.289 e. The third-order valence-corrected chi connectivity index (χ3v) is 2.04. The molecular weight excluding hydrogens is 190 g/mol. The molecule has 0 saturated heterocycles. The number of Topliss-reactive ketones (excluding diaryl/α,β-unsaturated/α-hetero) is 1. The van der Waals surface area contributed by atoms with Gasteiger partial charge in [0, 0.05) is 11.1 Å². The molecule has 2 rings (SSSR count). The normalized spacial score (nSPS) is 9.87. The Bertz CT molecular complexity index is 474. The molecule has 0 spiro atoms. The van der Waals surface area contributed by atoms with Gasteiger partial charge in [-0.05, 0) is 0 Å². The highest BCUT2D eigenvalue weighted by Crippen LogP contribution is 2.14. The third-order valence-electron chi connectivity index (χ3n) is 2.04. The molecule has 1 N–H and O–H groups in total. The van der Waals surface area contributed by atoms with Crippen LogP contribution in [0.3, 0.4) is 0 Å². The Morgan fingerprint density at radius 1 is 1.27 bits per heavy atom. The maximum absolute atomic E-state index is 11.9. The molecule has 4 nitrogen and oxygen atoms in total. The molecule has 1 aromatic carbocycles. The Hall–Kier alpha value is -2.23. The van der Waals surface area contributed by atoms with Gasteiger partial charge in [0.15, 0.2) is 5.78 Å². The maximum Gasteiger partial charge on any atom is 0.194 e. The minimum atomic E-state index is -0.135. The van der Waals surface area contributed by atoms with Crippen LogP contribution in [0.15, 0.2) is 43.1 Å². The molecule has 1 heterocycles. The van der Waals surface area contributed by atoms with E-state index in [-0.39, 0.29) is 5.78 Å². The zero-order chi connectivity index (χ0) is 10.7. The average Bonchev–Trinajstić information content (AvgIpc) is 2.82. The van der Waals surface area contributed by atoms with Gasteiger partial charge in [0.2, 0.25) is 0 Å². The van der Waals surface area contributed by atoms with Crippen molar-refractivity contribution in [2.75, 3.05) is 0 Å². The molecule has 0 unspecified atom stereocenters. The first-order chi connectivity index (χ1) is 7.29. The van der Waals surface area contributed by atoms with Crippen molar-refractivity contribution in [1.29, 1.82) is 0 Å².